The van der Waals surface area contributed by atoms with Crippen LogP contribution in [0.4, 0.5) is 5.69 Å². The van der Waals surface area contributed by atoms with E-state index in [4.69, 9.17) is 4.74 Å². The van der Waals surface area contributed by atoms with E-state index in [2.05, 4.69) is 26.2 Å². The van der Waals surface area contributed by atoms with Gasteiger partial charge in [-0.15, -0.1) is 5.10 Å². The van der Waals surface area contributed by atoms with Gasteiger partial charge in [-0.1, -0.05) is 26.0 Å². The number of esters is 1. The number of benzene rings is 2. The number of hydrogen-bond acceptors (Lipinski definition) is 9. The van der Waals surface area contributed by atoms with Crippen LogP contribution < -0.4 is 10.6 Å². The quantitative estimate of drug-likeness (QED) is 0.388. The molecule has 2 amide bonds. The van der Waals surface area contributed by atoms with Crippen molar-refractivity contribution in [1.29, 1.82) is 0 Å². The molecule has 34 heavy (non-hydrogen) atoms. The maximum atomic E-state index is 12.9. The van der Waals surface area contributed by atoms with Crippen LogP contribution in [-0.2, 0) is 21.4 Å². The fraction of sp³-hybridized carbons (Fsp3) is 0.364. The van der Waals surface area contributed by atoms with Crippen molar-refractivity contribution in [1.82, 2.24) is 25.5 Å². The molecule has 2 aromatic carbocycles. The molecule has 0 radical (unpaired) electrons. The molecular weight excluding hydrogens is 460 g/mol. The lowest BCUT2D eigenvalue weighted by Gasteiger charge is -2.16. The van der Waals surface area contributed by atoms with Crippen molar-refractivity contribution in [2.45, 2.75) is 37.2 Å². The van der Waals surface area contributed by atoms with E-state index in [-0.39, 0.29) is 42.7 Å². The predicted molar refractivity (Wildman–Crippen MR) is 126 cm³/mol. The summed E-state index contributed by atoms with van der Waals surface area (Å²) in [5.74, 6) is -1.68. The number of phenolic OH excluding ortho intramolecular Hbond substituents is 1. The smallest absolute Gasteiger partial charge is 0.307 e. The molecule has 0 spiro atoms. The van der Waals surface area contributed by atoms with E-state index in [1.165, 1.54) is 22.5 Å². The Kier molecular flexibility index (Phi) is 8.05. The Balaban J connectivity index is 2.05. The van der Waals surface area contributed by atoms with Gasteiger partial charge in [0.25, 0.3) is 5.91 Å². The van der Waals surface area contributed by atoms with Crippen molar-refractivity contribution in [3.8, 4) is 5.75 Å². The second-order valence-electron chi connectivity index (χ2n) is 7.64. The fourth-order valence-electron chi connectivity index (χ4n) is 3.08. The number of hydrogen-bond donors (Lipinski definition) is 3. The van der Waals surface area contributed by atoms with E-state index in [1.54, 1.807) is 46.0 Å². The Morgan fingerprint density at radius 3 is 2.68 bits per heavy atom. The lowest BCUT2D eigenvalue weighted by atomic mass is 10.0. The third-order valence-corrected chi connectivity index (χ3v) is 5.90. The van der Waals surface area contributed by atoms with Gasteiger partial charge in [0.1, 0.15) is 5.75 Å². The zero-order valence-electron chi connectivity index (χ0n) is 19.3. The number of aromatic hydroxyl groups is 1. The zero-order chi connectivity index (χ0) is 24.8. The molecule has 0 bridgehead atoms. The number of rotatable bonds is 9. The van der Waals surface area contributed by atoms with Crippen LogP contribution in [0.3, 0.4) is 0 Å². The van der Waals surface area contributed by atoms with Crippen LogP contribution in [0.5, 0.6) is 5.75 Å². The van der Waals surface area contributed by atoms with Crippen LogP contribution in [0.2, 0.25) is 0 Å². The summed E-state index contributed by atoms with van der Waals surface area (Å²) in [6, 6.07) is 6.57. The van der Waals surface area contributed by atoms with E-state index in [1.807, 2.05) is 0 Å². The van der Waals surface area contributed by atoms with E-state index in [0.717, 1.165) is 0 Å². The number of ether oxygens (including phenoxy) is 1. The molecule has 3 rings (SSSR count). The number of aryl methyl sites for hydroxylation is 1. The maximum Gasteiger partial charge on any atom is 0.307 e. The van der Waals surface area contributed by atoms with Crippen LogP contribution in [-0.4, -0.2) is 56.2 Å². The molecule has 0 fully saturated rings. The molecule has 0 atom stereocenters. The molecule has 0 aliphatic heterocycles. The number of nitrogens with one attached hydrogen (secondary N) is 2. The lowest BCUT2D eigenvalue weighted by molar-refractivity contribution is -0.142. The summed E-state index contributed by atoms with van der Waals surface area (Å²) in [7, 11) is 1.68. The highest BCUT2D eigenvalue weighted by atomic mass is 32.2. The first-order valence-corrected chi connectivity index (χ1v) is 11.5. The standard InChI is InChI=1S/C22H26N6O5S/c1-5-33-17(29)9-10-23-21(32)14-11-16(34-22-25-26-27-28(22)4)18-13(19(14)30)7-6-8-15(18)24-20(31)12(2)3/h6-8,11-12,30H,5,9-10H2,1-4H3,(H,23,32)(H,24,31). The molecular formula is C22H26N6O5S. The van der Waals surface area contributed by atoms with Gasteiger partial charge in [0.05, 0.1) is 18.6 Å². The normalized spacial score (nSPS) is 11.0. The number of phenols is 1. The molecule has 1 heterocycles. The molecule has 12 heteroatoms. The van der Waals surface area contributed by atoms with Crippen LogP contribution in [0.1, 0.15) is 37.6 Å². The fourth-order valence-corrected chi connectivity index (χ4v) is 4.02. The van der Waals surface area contributed by atoms with Gasteiger partial charge in [0.15, 0.2) is 0 Å². The van der Waals surface area contributed by atoms with Gasteiger partial charge in [-0.3, -0.25) is 14.4 Å². The number of nitrogens with zero attached hydrogens (tertiary/aromatic N) is 4. The minimum Gasteiger partial charge on any atom is -0.506 e. The van der Waals surface area contributed by atoms with Crippen molar-refractivity contribution in [2.24, 2.45) is 13.0 Å². The van der Waals surface area contributed by atoms with Gasteiger partial charge in [-0.05, 0) is 41.2 Å². The number of carbonyl (C=O) groups is 3. The highest BCUT2D eigenvalue weighted by Gasteiger charge is 2.22. The van der Waals surface area contributed by atoms with Crippen LogP contribution in [0, 0.1) is 5.92 Å². The topological polar surface area (TPSA) is 148 Å². The average Bonchev–Trinajstić information content (AvgIpc) is 3.20. The summed E-state index contributed by atoms with van der Waals surface area (Å²) in [5, 5.41) is 29.3. The molecule has 11 nitrogen and oxygen atoms in total. The SMILES string of the molecule is CCOC(=O)CCNC(=O)c1cc(Sc2nnnn2C)c2c(NC(=O)C(C)C)cccc2c1O. The van der Waals surface area contributed by atoms with Crippen LogP contribution in [0.15, 0.2) is 34.3 Å². The summed E-state index contributed by atoms with van der Waals surface area (Å²) in [6.07, 6.45) is 0.00548. The van der Waals surface area contributed by atoms with E-state index < -0.39 is 11.9 Å². The molecule has 3 N–H and O–H groups in total. The molecule has 0 saturated carbocycles. The Morgan fingerprint density at radius 1 is 1.26 bits per heavy atom. The first kappa shape index (κ1) is 25.0. The molecule has 3 aromatic rings. The molecule has 0 unspecified atom stereocenters. The molecule has 0 aliphatic carbocycles. The van der Waals surface area contributed by atoms with E-state index >= 15 is 0 Å². The van der Waals surface area contributed by atoms with Crippen LogP contribution >= 0.6 is 11.8 Å². The Labute approximate surface area is 200 Å². The average molecular weight is 487 g/mol. The Bertz CT molecular complexity index is 1230. The number of carbonyl (C=O) groups excluding carboxylic acids is 3. The van der Waals surface area contributed by atoms with E-state index in [0.29, 0.717) is 26.5 Å². The summed E-state index contributed by atoms with van der Waals surface area (Å²) >= 11 is 1.19. The zero-order valence-corrected chi connectivity index (χ0v) is 20.1. The third kappa shape index (κ3) is 5.63. The third-order valence-electron chi connectivity index (χ3n) is 4.83. The van der Waals surface area contributed by atoms with Gasteiger partial charge in [-0.2, -0.15) is 0 Å². The summed E-state index contributed by atoms with van der Waals surface area (Å²) in [5.41, 5.74) is 0.500. The Morgan fingerprint density at radius 2 is 2.03 bits per heavy atom. The number of tetrazole rings is 1. The van der Waals surface area contributed by atoms with Crippen molar-refractivity contribution >= 4 is 46.0 Å². The number of anilines is 1. The lowest BCUT2D eigenvalue weighted by Crippen LogP contribution is -2.26. The van der Waals surface area contributed by atoms with Crippen molar-refractivity contribution in [3.05, 3.63) is 29.8 Å². The minimum atomic E-state index is -0.557. The van der Waals surface area contributed by atoms with Gasteiger partial charge in [-0.25, -0.2) is 4.68 Å². The van der Waals surface area contributed by atoms with Crippen molar-refractivity contribution < 1.29 is 24.2 Å². The van der Waals surface area contributed by atoms with Gasteiger partial charge in [0, 0.05) is 40.9 Å². The summed E-state index contributed by atoms with van der Waals surface area (Å²) < 4.78 is 6.33. The van der Waals surface area contributed by atoms with Crippen molar-refractivity contribution in [3.63, 3.8) is 0 Å². The highest BCUT2D eigenvalue weighted by Crippen LogP contribution is 2.42. The monoisotopic (exact) mass is 486 g/mol. The molecule has 0 aliphatic rings. The summed E-state index contributed by atoms with van der Waals surface area (Å²) in [4.78, 5) is 37.4. The highest BCUT2D eigenvalue weighted by molar-refractivity contribution is 7.99. The Hall–Kier alpha value is -3.67. The molecule has 0 saturated heterocycles. The molecule has 180 valence electrons. The predicted octanol–water partition coefficient (Wildman–Crippen LogP) is 2.50. The number of amides is 2. The second kappa shape index (κ2) is 11.0. The largest absolute Gasteiger partial charge is 0.506 e. The molecule has 1 aromatic heterocycles. The maximum absolute atomic E-state index is 12.9. The van der Waals surface area contributed by atoms with Crippen LogP contribution in [0.25, 0.3) is 10.8 Å². The summed E-state index contributed by atoms with van der Waals surface area (Å²) in [6.45, 7) is 5.56. The first-order valence-electron chi connectivity index (χ1n) is 10.7. The van der Waals surface area contributed by atoms with Gasteiger partial charge in [0.2, 0.25) is 11.1 Å². The van der Waals surface area contributed by atoms with Gasteiger partial charge < -0.3 is 20.5 Å². The number of fused-ring (bicyclic) bond motifs is 1. The van der Waals surface area contributed by atoms with E-state index in [9.17, 15) is 19.5 Å². The first-order chi connectivity index (χ1) is 16.2. The van der Waals surface area contributed by atoms with Crippen molar-refractivity contribution in [2.75, 3.05) is 18.5 Å². The van der Waals surface area contributed by atoms with Gasteiger partial charge >= 0.3 is 5.97 Å². The minimum absolute atomic E-state index is 0.00548. The number of aromatic nitrogens is 4. The second-order valence-corrected chi connectivity index (χ2v) is 8.65.